The minimum absolute atomic E-state index is 0.787. The van der Waals surface area contributed by atoms with Crippen LogP contribution in [0.1, 0.15) is 24.8 Å². The molecule has 0 spiro atoms. The smallest absolute Gasteiger partial charge is 0.0465 e. The van der Waals surface area contributed by atoms with Gasteiger partial charge in [0, 0.05) is 44.6 Å². The molecule has 1 aromatic heterocycles. The molecule has 1 atom stereocenters. The number of piperidine rings is 1. The lowest BCUT2D eigenvalue weighted by Crippen LogP contribution is -2.35. The first-order valence-corrected chi connectivity index (χ1v) is 7.90. The summed E-state index contributed by atoms with van der Waals surface area (Å²) in [5, 5.41) is 2.58. The van der Waals surface area contributed by atoms with E-state index in [1.807, 2.05) is 12.4 Å². The molecule has 112 valence electrons. The van der Waals surface area contributed by atoms with E-state index in [9.17, 15) is 0 Å². The van der Waals surface area contributed by atoms with Crippen molar-refractivity contribution in [3.05, 3.63) is 42.2 Å². The van der Waals surface area contributed by atoms with Gasteiger partial charge >= 0.3 is 0 Å². The van der Waals surface area contributed by atoms with E-state index in [4.69, 9.17) is 4.74 Å². The highest BCUT2D eigenvalue weighted by atomic mass is 16.5. The Morgan fingerprint density at radius 2 is 2.29 bits per heavy atom. The molecule has 3 rings (SSSR count). The molecule has 0 N–H and O–H groups in total. The van der Waals surface area contributed by atoms with E-state index < -0.39 is 0 Å². The average molecular weight is 284 g/mol. The lowest BCUT2D eigenvalue weighted by Gasteiger charge is -2.33. The number of fused-ring (bicyclic) bond motifs is 1. The van der Waals surface area contributed by atoms with Crippen molar-refractivity contribution in [1.82, 2.24) is 9.88 Å². The minimum atomic E-state index is 0.787. The zero-order valence-electron chi connectivity index (χ0n) is 12.8. The van der Waals surface area contributed by atoms with Crippen molar-refractivity contribution in [2.75, 3.05) is 26.8 Å². The van der Waals surface area contributed by atoms with E-state index in [0.29, 0.717) is 0 Å². The third-order valence-corrected chi connectivity index (χ3v) is 4.50. The number of pyridine rings is 1. The van der Waals surface area contributed by atoms with Crippen molar-refractivity contribution in [2.45, 2.75) is 25.8 Å². The molecule has 2 aromatic rings. The van der Waals surface area contributed by atoms with Crippen molar-refractivity contribution in [3.63, 3.8) is 0 Å². The maximum absolute atomic E-state index is 5.23. The molecule has 1 fully saturated rings. The summed E-state index contributed by atoms with van der Waals surface area (Å²) in [5.74, 6) is 0.787. The molecule has 0 aliphatic carbocycles. The summed E-state index contributed by atoms with van der Waals surface area (Å²) in [6.45, 7) is 4.35. The normalized spacial score (nSPS) is 20.0. The molecule has 21 heavy (non-hydrogen) atoms. The molecule has 1 aliphatic heterocycles. The van der Waals surface area contributed by atoms with E-state index in [1.165, 1.54) is 48.7 Å². The molecule has 2 heterocycles. The summed E-state index contributed by atoms with van der Waals surface area (Å²) in [6, 6.07) is 8.67. The molecule has 0 saturated carbocycles. The van der Waals surface area contributed by atoms with Crippen LogP contribution in [0.4, 0.5) is 0 Å². The van der Waals surface area contributed by atoms with Crippen LogP contribution < -0.4 is 0 Å². The van der Waals surface area contributed by atoms with Crippen LogP contribution in [0, 0.1) is 5.92 Å². The molecule has 0 unspecified atom stereocenters. The van der Waals surface area contributed by atoms with Gasteiger partial charge in [0.15, 0.2) is 0 Å². The number of likely N-dealkylation sites (tertiary alicyclic amines) is 1. The topological polar surface area (TPSA) is 25.4 Å². The van der Waals surface area contributed by atoms with Crippen molar-refractivity contribution in [2.24, 2.45) is 5.92 Å². The Kier molecular flexibility index (Phi) is 4.84. The van der Waals surface area contributed by atoms with Gasteiger partial charge in [0.1, 0.15) is 0 Å². The summed E-state index contributed by atoms with van der Waals surface area (Å²) in [4.78, 5) is 6.82. The number of hydrogen-bond acceptors (Lipinski definition) is 3. The van der Waals surface area contributed by atoms with Crippen LogP contribution in [0.5, 0.6) is 0 Å². The Balaban J connectivity index is 1.70. The fourth-order valence-corrected chi connectivity index (χ4v) is 3.38. The molecule has 1 saturated heterocycles. The zero-order valence-corrected chi connectivity index (χ0v) is 12.8. The van der Waals surface area contributed by atoms with Gasteiger partial charge in [0.25, 0.3) is 0 Å². The van der Waals surface area contributed by atoms with Crippen molar-refractivity contribution in [1.29, 1.82) is 0 Å². The van der Waals surface area contributed by atoms with Crippen LogP contribution in [0.2, 0.25) is 0 Å². The summed E-state index contributed by atoms with van der Waals surface area (Å²) in [5.41, 5.74) is 1.42. The number of ether oxygens (including phenoxy) is 1. The Morgan fingerprint density at radius 1 is 1.33 bits per heavy atom. The molecule has 3 heteroatoms. The van der Waals surface area contributed by atoms with Gasteiger partial charge in [-0.25, -0.2) is 0 Å². The maximum atomic E-state index is 5.23. The van der Waals surface area contributed by atoms with E-state index in [1.54, 1.807) is 7.11 Å². The highest BCUT2D eigenvalue weighted by molar-refractivity contribution is 5.84. The third-order valence-electron chi connectivity index (χ3n) is 4.50. The summed E-state index contributed by atoms with van der Waals surface area (Å²) >= 11 is 0. The lowest BCUT2D eigenvalue weighted by atomic mass is 9.94. The number of benzene rings is 1. The Labute approximate surface area is 126 Å². The van der Waals surface area contributed by atoms with Crippen LogP contribution in [0.3, 0.4) is 0 Å². The van der Waals surface area contributed by atoms with Crippen molar-refractivity contribution in [3.8, 4) is 0 Å². The summed E-state index contributed by atoms with van der Waals surface area (Å²) < 4.78 is 5.23. The third kappa shape index (κ3) is 3.60. The number of nitrogens with zero attached hydrogens (tertiary/aromatic N) is 2. The predicted molar refractivity (Wildman–Crippen MR) is 86.2 cm³/mol. The minimum Gasteiger partial charge on any atom is -0.385 e. The first-order chi connectivity index (χ1) is 10.4. The van der Waals surface area contributed by atoms with Gasteiger partial charge in [-0.1, -0.05) is 18.2 Å². The van der Waals surface area contributed by atoms with Crippen LogP contribution in [-0.4, -0.2) is 36.7 Å². The Hall–Kier alpha value is -1.45. The molecule has 3 nitrogen and oxygen atoms in total. The van der Waals surface area contributed by atoms with Gasteiger partial charge in [0.2, 0.25) is 0 Å². The standard InChI is InChI=1S/C18H24N2O/c1-21-11-8-15-4-3-10-20(13-15)14-17-6-2-5-16-12-19-9-7-18(16)17/h2,5-7,9,12,15H,3-4,8,10-11,13-14H2,1H3/t15-/m0/s1. The summed E-state index contributed by atoms with van der Waals surface area (Å²) in [6.07, 6.45) is 7.69. The highest BCUT2D eigenvalue weighted by Gasteiger charge is 2.20. The molecular weight excluding hydrogens is 260 g/mol. The first-order valence-electron chi connectivity index (χ1n) is 7.90. The van der Waals surface area contributed by atoms with Gasteiger partial charge in [0.05, 0.1) is 0 Å². The lowest BCUT2D eigenvalue weighted by molar-refractivity contribution is 0.123. The van der Waals surface area contributed by atoms with Crippen molar-refractivity contribution >= 4 is 10.8 Å². The molecule has 1 aliphatic rings. The summed E-state index contributed by atoms with van der Waals surface area (Å²) in [7, 11) is 1.80. The van der Waals surface area contributed by atoms with E-state index in [0.717, 1.165) is 19.1 Å². The number of aromatic nitrogens is 1. The largest absolute Gasteiger partial charge is 0.385 e. The van der Waals surface area contributed by atoms with Gasteiger partial charge in [-0.15, -0.1) is 0 Å². The second-order valence-corrected chi connectivity index (χ2v) is 6.04. The molecular formula is C18H24N2O. The van der Waals surface area contributed by atoms with Crippen LogP contribution >= 0.6 is 0 Å². The Bertz CT molecular complexity index is 579. The average Bonchev–Trinajstić information content (AvgIpc) is 2.54. The zero-order chi connectivity index (χ0) is 14.5. The van der Waals surface area contributed by atoms with Crippen LogP contribution in [-0.2, 0) is 11.3 Å². The number of rotatable bonds is 5. The fraction of sp³-hybridized carbons (Fsp3) is 0.500. The van der Waals surface area contributed by atoms with Gasteiger partial charge in [-0.3, -0.25) is 9.88 Å². The van der Waals surface area contributed by atoms with E-state index >= 15 is 0 Å². The predicted octanol–water partition coefficient (Wildman–Crippen LogP) is 3.48. The first kappa shape index (κ1) is 14.5. The van der Waals surface area contributed by atoms with E-state index in [2.05, 4.69) is 34.1 Å². The van der Waals surface area contributed by atoms with Gasteiger partial charge in [-0.05, 0) is 48.7 Å². The Morgan fingerprint density at radius 3 is 3.19 bits per heavy atom. The molecule has 0 radical (unpaired) electrons. The second-order valence-electron chi connectivity index (χ2n) is 6.04. The fourth-order valence-electron chi connectivity index (χ4n) is 3.38. The second kappa shape index (κ2) is 7.01. The van der Waals surface area contributed by atoms with Crippen molar-refractivity contribution < 1.29 is 4.74 Å². The van der Waals surface area contributed by atoms with Gasteiger partial charge in [-0.2, -0.15) is 0 Å². The molecule has 0 amide bonds. The van der Waals surface area contributed by atoms with Gasteiger partial charge < -0.3 is 4.74 Å². The maximum Gasteiger partial charge on any atom is 0.0465 e. The number of hydrogen-bond donors (Lipinski definition) is 0. The monoisotopic (exact) mass is 284 g/mol. The van der Waals surface area contributed by atoms with E-state index in [-0.39, 0.29) is 0 Å². The van der Waals surface area contributed by atoms with Crippen LogP contribution in [0.25, 0.3) is 10.8 Å². The van der Waals surface area contributed by atoms with Crippen LogP contribution in [0.15, 0.2) is 36.7 Å². The SMILES string of the molecule is COCC[C@@H]1CCCN(Cc2cccc3cnccc23)C1. The highest BCUT2D eigenvalue weighted by Crippen LogP contribution is 2.24. The number of methoxy groups -OCH3 is 1. The molecule has 0 bridgehead atoms. The quantitative estimate of drug-likeness (QED) is 0.840. The molecule has 1 aromatic carbocycles.